The number of cyclic esters (lactones) is 2. The van der Waals surface area contributed by atoms with Crippen molar-refractivity contribution in [3.63, 3.8) is 0 Å². The Hall–Kier alpha value is -2.94. The molecule has 0 atom stereocenters. The SMILES string of the molecule is Cc1c(C(=O)O)cccc1C(=O)O.O=C1CC(=O)OCCNCCO1. The van der Waals surface area contributed by atoms with Gasteiger partial charge < -0.3 is 25.0 Å². The number of ether oxygens (including phenoxy) is 2. The molecule has 0 amide bonds. The van der Waals surface area contributed by atoms with E-state index in [1.165, 1.54) is 25.1 Å². The molecule has 1 aromatic rings. The number of hydrogen-bond acceptors (Lipinski definition) is 7. The van der Waals surface area contributed by atoms with Crippen LogP contribution in [0.5, 0.6) is 0 Å². The molecule has 9 nitrogen and oxygen atoms in total. The van der Waals surface area contributed by atoms with Crippen LogP contribution in [-0.4, -0.2) is 60.4 Å². The van der Waals surface area contributed by atoms with Crippen LogP contribution in [0.25, 0.3) is 0 Å². The number of nitrogens with one attached hydrogen (secondary N) is 1. The van der Waals surface area contributed by atoms with E-state index in [0.29, 0.717) is 26.3 Å². The first-order valence-electron chi connectivity index (χ1n) is 7.41. The molecule has 136 valence electrons. The molecule has 2 rings (SSSR count). The van der Waals surface area contributed by atoms with Crippen molar-refractivity contribution in [3.8, 4) is 0 Å². The van der Waals surface area contributed by atoms with Crippen LogP contribution in [0.15, 0.2) is 18.2 Å². The van der Waals surface area contributed by atoms with E-state index < -0.39 is 23.9 Å². The summed E-state index contributed by atoms with van der Waals surface area (Å²) in [7, 11) is 0. The van der Waals surface area contributed by atoms with E-state index in [0.717, 1.165) is 0 Å². The van der Waals surface area contributed by atoms with E-state index in [-0.39, 0.29) is 23.1 Å². The smallest absolute Gasteiger partial charge is 0.335 e. The van der Waals surface area contributed by atoms with Crippen molar-refractivity contribution >= 4 is 23.9 Å². The molecule has 0 bridgehead atoms. The van der Waals surface area contributed by atoms with Crippen LogP contribution >= 0.6 is 0 Å². The van der Waals surface area contributed by atoms with Crippen molar-refractivity contribution in [2.45, 2.75) is 13.3 Å². The molecule has 1 aromatic carbocycles. The van der Waals surface area contributed by atoms with Crippen LogP contribution in [0, 0.1) is 6.92 Å². The summed E-state index contributed by atoms with van der Waals surface area (Å²) >= 11 is 0. The molecule has 0 spiro atoms. The Bertz CT molecular complexity index is 605. The standard InChI is InChI=1S/C9H8O4.C7H11NO4/c1-5-6(8(10)11)3-2-4-7(5)9(12)13;9-6-5-7(10)12-4-2-8-1-3-11-6/h2-4H,1H3,(H,10,11)(H,12,13);8H,1-5H2. The lowest BCUT2D eigenvalue weighted by Gasteiger charge is -2.09. The molecule has 0 saturated carbocycles. The number of aromatic carboxylic acids is 2. The number of benzene rings is 1. The van der Waals surface area contributed by atoms with Crippen molar-refractivity contribution in [3.05, 3.63) is 34.9 Å². The highest BCUT2D eigenvalue weighted by Crippen LogP contribution is 2.13. The van der Waals surface area contributed by atoms with Gasteiger partial charge >= 0.3 is 23.9 Å². The van der Waals surface area contributed by atoms with Crippen molar-refractivity contribution in [1.82, 2.24) is 5.32 Å². The summed E-state index contributed by atoms with van der Waals surface area (Å²) in [5.41, 5.74) is 0.335. The molecule has 9 heteroatoms. The van der Waals surface area contributed by atoms with Gasteiger partial charge in [0.25, 0.3) is 0 Å². The first-order chi connectivity index (χ1) is 11.8. The number of carboxylic acids is 2. The summed E-state index contributed by atoms with van der Waals surface area (Å²) in [4.78, 5) is 42.7. The average molecular weight is 353 g/mol. The van der Waals surface area contributed by atoms with Crippen molar-refractivity contribution in [2.24, 2.45) is 0 Å². The van der Waals surface area contributed by atoms with Gasteiger partial charge in [0.05, 0.1) is 11.1 Å². The highest BCUT2D eigenvalue weighted by molar-refractivity contribution is 5.96. The third-order valence-electron chi connectivity index (χ3n) is 3.17. The van der Waals surface area contributed by atoms with Gasteiger partial charge in [-0.2, -0.15) is 0 Å². The normalized spacial score (nSPS) is 15.1. The quantitative estimate of drug-likeness (QED) is 0.511. The number of carbonyl (C=O) groups excluding carboxylic acids is 2. The van der Waals surface area contributed by atoms with Gasteiger partial charge in [-0.05, 0) is 24.6 Å². The second-order valence-electron chi connectivity index (χ2n) is 4.96. The Kier molecular flexibility index (Phi) is 8.07. The topological polar surface area (TPSA) is 139 Å². The first-order valence-corrected chi connectivity index (χ1v) is 7.41. The third kappa shape index (κ3) is 7.00. The van der Waals surface area contributed by atoms with Gasteiger partial charge in [0, 0.05) is 13.1 Å². The van der Waals surface area contributed by atoms with Crippen LogP contribution in [0.1, 0.15) is 32.7 Å². The molecule has 0 unspecified atom stereocenters. The molecule has 1 fully saturated rings. The maximum atomic E-state index is 10.8. The Labute approximate surface area is 143 Å². The minimum atomic E-state index is -1.11. The van der Waals surface area contributed by atoms with Crippen molar-refractivity contribution < 1.29 is 38.9 Å². The Morgan fingerprint density at radius 2 is 1.40 bits per heavy atom. The maximum Gasteiger partial charge on any atom is 0.335 e. The lowest BCUT2D eigenvalue weighted by molar-refractivity contribution is -0.155. The van der Waals surface area contributed by atoms with E-state index >= 15 is 0 Å². The zero-order valence-electron chi connectivity index (χ0n) is 13.6. The van der Waals surface area contributed by atoms with E-state index in [1.54, 1.807) is 0 Å². The molecule has 25 heavy (non-hydrogen) atoms. The van der Waals surface area contributed by atoms with Crippen molar-refractivity contribution in [2.75, 3.05) is 26.3 Å². The summed E-state index contributed by atoms with van der Waals surface area (Å²) in [6.07, 6.45) is -0.278. The fourth-order valence-corrected chi connectivity index (χ4v) is 1.92. The predicted molar refractivity (Wildman–Crippen MR) is 84.5 cm³/mol. The van der Waals surface area contributed by atoms with E-state index in [2.05, 4.69) is 14.8 Å². The van der Waals surface area contributed by atoms with Crippen molar-refractivity contribution in [1.29, 1.82) is 0 Å². The second-order valence-corrected chi connectivity index (χ2v) is 4.96. The molecule has 0 radical (unpaired) electrons. The fourth-order valence-electron chi connectivity index (χ4n) is 1.92. The van der Waals surface area contributed by atoms with E-state index in [1.807, 2.05) is 0 Å². The maximum absolute atomic E-state index is 10.8. The minimum absolute atomic E-state index is 0.0277. The summed E-state index contributed by atoms with van der Waals surface area (Å²) in [6, 6.07) is 4.17. The van der Waals surface area contributed by atoms with Crippen LogP contribution < -0.4 is 5.32 Å². The monoisotopic (exact) mass is 353 g/mol. The Morgan fingerprint density at radius 3 is 1.80 bits per heavy atom. The number of hydrogen-bond donors (Lipinski definition) is 3. The van der Waals surface area contributed by atoms with Crippen LogP contribution in [0.3, 0.4) is 0 Å². The molecule has 0 aliphatic carbocycles. The second kappa shape index (κ2) is 10.0. The molecule has 0 aromatic heterocycles. The fraction of sp³-hybridized carbons (Fsp3) is 0.375. The van der Waals surface area contributed by atoms with Gasteiger partial charge in [0.2, 0.25) is 0 Å². The molecule has 3 N–H and O–H groups in total. The molecule has 1 aliphatic heterocycles. The van der Waals surface area contributed by atoms with Crippen LogP contribution in [-0.2, 0) is 19.1 Å². The van der Waals surface area contributed by atoms with Gasteiger partial charge in [-0.25, -0.2) is 9.59 Å². The number of carbonyl (C=O) groups is 4. The Balaban J connectivity index is 0.000000251. The van der Waals surface area contributed by atoms with Gasteiger partial charge in [-0.3, -0.25) is 9.59 Å². The van der Waals surface area contributed by atoms with E-state index in [9.17, 15) is 19.2 Å². The molecule has 1 aliphatic rings. The highest BCUT2D eigenvalue weighted by Gasteiger charge is 2.14. The Morgan fingerprint density at radius 1 is 0.960 bits per heavy atom. The molecule has 1 saturated heterocycles. The predicted octanol–water partition coefficient (Wildman–Crippen LogP) is 0.458. The zero-order valence-corrected chi connectivity index (χ0v) is 13.6. The largest absolute Gasteiger partial charge is 0.478 e. The van der Waals surface area contributed by atoms with Gasteiger partial charge in [0.15, 0.2) is 0 Å². The van der Waals surface area contributed by atoms with Gasteiger partial charge in [-0.1, -0.05) is 6.07 Å². The average Bonchev–Trinajstić information content (AvgIpc) is 2.54. The summed E-state index contributed by atoms with van der Waals surface area (Å²) < 4.78 is 9.37. The first kappa shape index (κ1) is 20.1. The lowest BCUT2D eigenvalue weighted by atomic mass is 10.0. The van der Waals surface area contributed by atoms with Gasteiger partial charge in [0.1, 0.15) is 19.6 Å². The molecule has 1 heterocycles. The minimum Gasteiger partial charge on any atom is -0.478 e. The summed E-state index contributed by atoms with van der Waals surface area (Å²) in [5, 5.41) is 20.3. The van der Waals surface area contributed by atoms with Crippen LogP contribution in [0.4, 0.5) is 0 Å². The lowest BCUT2D eigenvalue weighted by Crippen LogP contribution is -2.29. The summed E-state index contributed by atoms with van der Waals surface area (Å²) in [5.74, 6) is -3.27. The van der Waals surface area contributed by atoms with Crippen LogP contribution in [0.2, 0.25) is 0 Å². The third-order valence-corrected chi connectivity index (χ3v) is 3.17. The van der Waals surface area contributed by atoms with Gasteiger partial charge in [-0.15, -0.1) is 0 Å². The number of carboxylic acid groups (broad SMARTS) is 2. The number of rotatable bonds is 2. The number of esters is 2. The van der Waals surface area contributed by atoms with E-state index in [4.69, 9.17) is 10.2 Å². The molecular formula is C16H19NO8. The highest BCUT2D eigenvalue weighted by atomic mass is 16.6. The molecular weight excluding hydrogens is 334 g/mol. The zero-order chi connectivity index (χ0) is 18.8. The summed E-state index contributed by atoms with van der Waals surface area (Å²) in [6.45, 7) is 3.30.